The van der Waals surface area contributed by atoms with Crippen LogP contribution in [0, 0.1) is 5.41 Å². The number of ether oxygens (including phenoxy) is 1. The number of rotatable bonds is 6. The highest BCUT2D eigenvalue weighted by Gasteiger charge is 2.30. The molecule has 1 aromatic rings. The van der Waals surface area contributed by atoms with Gasteiger partial charge in [-0.3, -0.25) is 10.1 Å². The van der Waals surface area contributed by atoms with Crippen LogP contribution in [0.25, 0.3) is 0 Å². The van der Waals surface area contributed by atoms with Gasteiger partial charge in [-0.05, 0) is 30.5 Å². The van der Waals surface area contributed by atoms with Crippen molar-refractivity contribution in [2.75, 3.05) is 6.61 Å². The van der Waals surface area contributed by atoms with Crippen molar-refractivity contribution in [3.05, 3.63) is 28.8 Å². The van der Waals surface area contributed by atoms with Gasteiger partial charge in [0.2, 0.25) is 0 Å². The van der Waals surface area contributed by atoms with Crippen LogP contribution in [0.15, 0.2) is 18.2 Å². The molecule has 0 unspecified atom stereocenters. The summed E-state index contributed by atoms with van der Waals surface area (Å²) < 4.78 is 5.52. The Kier molecular flexibility index (Phi) is 5.84. The molecule has 0 spiro atoms. The highest BCUT2D eigenvalue weighted by molar-refractivity contribution is 6.30. The molecule has 4 nitrogen and oxygen atoms in total. The van der Waals surface area contributed by atoms with Gasteiger partial charge in [-0.1, -0.05) is 32.4 Å². The summed E-state index contributed by atoms with van der Waals surface area (Å²) in [4.78, 5) is 11.3. The lowest BCUT2D eigenvalue weighted by Crippen LogP contribution is -2.46. The SMILES string of the molecule is CCOc1ccc(Cl)cc1CN[C@H](C(=O)O)C(C)(C)C. The van der Waals surface area contributed by atoms with E-state index in [1.165, 1.54) is 0 Å². The van der Waals surface area contributed by atoms with Gasteiger partial charge in [0.25, 0.3) is 0 Å². The molecule has 0 saturated heterocycles. The molecule has 1 aromatic carbocycles. The zero-order valence-electron chi connectivity index (χ0n) is 12.4. The second-order valence-corrected chi connectivity index (χ2v) is 6.14. The molecule has 20 heavy (non-hydrogen) atoms. The molecular formula is C15H22ClNO3. The number of benzene rings is 1. The second kappa shape index (κ2) is 6.95. The summed E-state index contributed by atoms with van der Waals surface area (Å²) in [6, 6.07) is 4.71. The van der Waals surface area contributed by atoms with Crippen LogP contribution in [0.3, 0.4) is 0 Å². The van der Waals surface area contributed by atoms with E-state index in [-0.39, 0.29) is 5.41 Å². The maximum atomic E-state index is 11.3. The molecule has 5 heteroatoms. The minimum absolute atomic E-state index is 0.379. The topological polar surface area (TPSA) is 58.6 Å². The number of aliphatic carboxylic acids is 1. The molecule has 0 heterocycles. The number of nitrogens with one attached hydrogen (secondary N) is 1. The lowest BCUT2D eigenvalue weighted by atomic mass is 9.86. The zero-order chi connectivity index (χ0) is 15.3. The summed E-state index contributed by atoms with van der Waals surface area (Å²) in [5.41, 5.74) is 0.478. The van der Waals surface area contributed by atoms with E-state index in [0.717, 1.165) is 11.3 Å². The molecule has 0 aliphatic rings. The van der Waals surface area contributed by atoms with Gasteiger partial charge in [-0.25, -0.2) is 0 Å². The summed E-state index contributed by atoms with van der Waals surface area (Å²) in [7, 11) is 0. The number of carboxylic acids is 1. The van der Waals surface area contributed by atoms with E-state index in [1.54, 1.807) is 18.2 Å². The van der Waals surface area contributed by atoms with E-state index in [1.807, 2.05) is 27.7 Å². The molecule has 1 atom stereocenters. The normalized spacial score (nSPS) is 13.1. The monoisotopic (exact) mass is 299 g/mol. The molecule has 1 rings (SSSR count). The first-order chi connectivity index (χ1) is 9.25. The van der Waals surface area contributed by atoms with Crippen molar-refractivity contribution in [2.24, 2.45) is 5.41 Å². The number of carboxylic acid groups (broad SMARTS) is 1. The lowest BCUT2D eigenvalue weighted by molar-refractivity contribution is -0.142. The fraction of sp³-hybridized carbons (Fsp3) is 0.533. The fourth-order valence-corrected chi connectivity index (χ4v) is 2.15. The summed E-state index contributed by atoms with van der Waals surface area (Å²) in [6.07, 6.45) is 0. The minimum atomic E-state index is -0.863. The zero-order valence-corrected chi connectivity index (χ0v) is 13.1. The second-order valence-electron chi connectivity index (χ2n) is 5.70. The van der Waals surface area contributed by atoms with Gasteiger partial charge in [0.15, 0.2) is 0 Å². The first-order valence-electron chi connectivity index (χ1n) is 6.63. The molecule has 0 bridgehead atoms. The van der Waals surface area contributed by atoms with Crippen LogP contribution in [0.1, 0.15) is 33.3 Å². The molecule has 0 aromatic heterocycles. The predicted molar refractivity (Wildman–Crippen MR) is 80.3 cm³/mol. The van der Waals surface area contributed by atoms with Gasteiger partial charge in [-0.15, -0.1) is 0 Å². The number of hydrogen-bond donors (Lipinski definition) is 2. The molecule has 0 radical (unpaired) electrons. The predicted octanol–water partition coefficient (Wildman–Crippen LogP) is 3.33. The van der Waals surface area contributed by atoms with E-state index >= 15 is 0 Å². The van der Waals surface area contributed by atoms with Crippen LogP contribution in [-0.2, 0) is 11.3 Å². The smallest absolute Gasteiger partial charge is 0.321 e. The van der Waals surface area contributed by atoms with Crippen LogP contribution >= 0.6 is 11.6 Å². The molecule has 0 aliphatic carbocycles. The van der Waals surface area contributed by atoms with Crippen molar-refractivity contribution in [2.45, 2.75) is 40.3 Å². The quantitative estimate of drug-likeness (QED) is 0.846. The van der Waals surface area contributed by atoms with Gasteiger partial charge in [-0.2, -0.15) is 0 Å². The maximum Gasteiger partial charge on any atom is 0.321 e. The summed E-state index contributed by atoms with van der Waals surface area (Å²) in [6.45, 7) is 8.52. The summed E-state index contributed by atoms with van der Waals surface area (Å²) >= 11 is 5.99. The van der Waals surface area contributed by atoms with Crippen molar-refractivity contribution in [3.63, 3.8) is 0 Å². The highest BCUT2D eigenvalue weighted by Crippen LogP contribution is 2.25. The van der Waals surface area contributed by atoms with E-state index in [0.29, 0.717) is 18.2 Å². The van der Waals surface area contributed by atoms with Gasteiger partial charge in [0.1, 0.15) is 11.8 Å². The Morgan fingerprint density at radius 2 is 2.10 bits per heavy atom. The largest absolute Gasteiger partial charge is 0.494 e. The number of carbonyl (C=O) groups is 1. The van der Waals surface area contributed by atoms with Crippen molar-refractivity contribution >= 4 is 17.6 Å². The average molecular weight is 300 g/mol. The Labute approximate surface area is 125 Å². The van der Waals surface area contributed by atoms with Crippen molar-refractivity contribution in [1.29, 1.82) is 0 Å². The van der Waals surface area contributed by atoms with Gasteiger partial charge in [0.05, 0.1) is 6.61 Å². The minimum Gasteiger partial charge on any atom is -0.494 e. The molecule has 0 aliphatic heterocycles. The number of hydrogen-bond acceptors (Lipinski definition) is 3. The van der Waals surface area contributed by atoms with Gasteiger partial charge >= 0.3 is 5.97 Å². The molecule has 0 fully saturated rings. The molecule has 112 valence electrons. The van der Waals surface area contributed by atoms with Crippen LogP contribution in [0.4, 0.5) is 0 Å². The van der Waals surface area contributed by atoms with Crippen molar-refractivity contribution < 1.29 is 14.6 Å². The third-order valence-electron chi connectivity index (χ3n) is 2.93. The van der Waals surface area contributed by atoms with Gasteiger partial charge in [0, 0.05) is 17.1 Å². The van der Waals surface area contributed by atoms with E-state index < -0.39 is 12.0 Å². The standard InChI is InChI=1S/C15H22ClNO3/c1-5-20-12-7-6-11(16)8-10(12)9-17-13(14(18)19)15(2,3)4/h6-8,13,17H,5,9H2,1-4H3,(H,18,19)/t13-/m1/s1. The Morgan fingerprint density at radius 1 is 1.45 bits per heavy atom. The average Bonchev–Trinajstić information content (AvgIpc) is 2.30. The Hall–Kier alpha value is -1.26. The third kappa shape index (κ3) is 4.69. The maximum absolute atomic E-state index is 11.3. The third-order valence-corrected chi connectivity index (χ3v) is 3.17. The Morgan fingerprint density at radius 3 is 2.60 bits per heavy atom. The number of halogens is 1. The first-order valence-corrected chi connectivity index (χ1v) is 7.01. The van der Waals surface area contributed by atoms with Gasteiger partial charge < -0.3 is 9.84 Å². The lowest BCUT2D eigenvalue weighted by Gasteiger charge is -2.28. The molecule has 0 amide bonds. The summed E-state index contributed by atoms with van der Waals surface area (Å²) in [5.74, 6) is -0.139. The summed E-state index contributed by atoms with van der Waals surface area (Å²) in [5, 5.41) is 13.0. The van der Waals surface area contributed by atoms with Crippen molar-refractivity contribution in [3.8, 4) is 5.75 Å². The van der Waals surface area contributed by atoms with E-state index in [2.05, 4.69) is 5.32 Å². The molecular weight excluding hydrogens is 278 g/mol. The Balaban J connectivity index is 2.87. The first kappa shape index (κ1) is 16.8. The molecule has 0 saturated carbocycles. The highest BCUT2D eigenvalue weighted by atomic mass is 35.5. The van der Waals surface area contributed by atoms with Crippen LogP contribution in [0.2, 0.25) is 5.02 Å². The fourth-order valence-electron chi connectivity index (χ4n) is 1.96. The van der Waals surface area contributed by atoms with Crippen LogP contribution in [-0.4, -0.2) is 23.7 Å². The Bertz CT molecular complexity index is 469. The van der Waals surface area contributed by atoms with E-state index in [4.69, 9.17) is 16.3 Å². The van der Waals surface area contributed by atoms with Crippen molar-refractivity contribution in [1.82, 2.24) is 5.32 Å². The molecule has 2 N–H and O–H groups in total. The van der Waals surface area contributed by atoms with E-state index in [9.17, 15) is 9.90 Å². The van der Waals surface area contributed by atoms with Crippen LogP contribution < -0.4 is 10.1 Å². The van der Waals surface area contributed by atoms with Crippen LogP contribution in [0.5, 0.6) is 5.75 Å².